The molecule has 0 amide bonds. The zero-order chi connectivity index (χ0) is 15.7. The minimum absolute atomic E-state index is 0.366. The Morgan fingerprint density at radius 1 is 1.05 bits per heavy atom. The van der Waals surface area contributed by atoms with E-state index in [1.165, 1.54) is 24.9 Å². The van der Waals surface area contributed by atoms with Crippen molar-refractivity contribution in [1.82, 2.24) is 10.2 Å². The van der Waals surface area contributed by atoms with E-state index in [0.29, 0.717) is 6.04 Å². The first-order chi connectivity index (χ1) is 10.2. The van der Waals surface area contributed by atoms with E-state index in [1.54, 1.807) is 7.11 Å². The monoisotopic (exact) mass is 292 g/mol. The summed E-state index contributed by atoms with van der Waals surface area (Å²) in [5.74, 6) is 1.72. The number of likely N-dealkylation sites (N-methyl/N-ethyl adjacent to an activating group) is 2. The van der Waals surface area contributed by atoms with E-state index in [2.05, 4.69) is 43.1 Å². The third-order valence-corrected chi connectivity index (χ3v) is 4.43. The molecular weight excluding hydrogens is 260 g/mol. The van der Waals surface area contributed by atoms with Gasteiger partial charge in [-0.15, -0.1) is 0 Å². The maximum atomic E-state index is 5.24. The lowest BCUT2D eigenvalue weighted by atomic mass is 10.0. The molecule has 0 heterocycles. The van der Waals surface area contributed by atoms with E-state index in [9.17, 15) is 0 Å². The first kappa shape index (κ1) is 18.0. The number of nitrogens with zero attached hydrogens (tertiary/aromatic N) is 1. The summed E-state index contributed by atoms with van der Waals surface area (Å²) in [5.41, 5.74) is 1.32. The smallest absolute Gasteiger partial charge is 0.118 e. The SMILES string of the molecule is CCC(CC)CN(CC)CC(NC)c1ccc(OC)cc1. The molecule has 1 atom stereocenters. The Bertz CT molecular complexity index is 373. The van der Waals surface area contributed by atoms with Crippen LogP contribution in [0.3, 0.4) is 0 Å². The van der Waals surface area contributed by atoms with Gasteiger partial charge in [0.1, 0.15) is 5.75 Å². The molecule has 1 unspecified atom stereocenters. The lowest BCUT2D eigenvalue weighted by Crippen LogP contribution is -2.36. The molecule has 0 saturated heterocycles. The van der Waals surface area contributed by atoms with Gasteiger partial charge in [0.2, 0.25) is 0 Å². The van der Waals surface area contributed by atoms with E-state index in [4.69, 9.17) is 4.74 Å². The molecule has 1 aromatic carbocycles. The van der Waals surface area contributed by atoms with Crippen LogP contribution in [0.4, 0.5) is 0 Å². The van der Waals surface area contributed by atoms with Gasteiger partial charge in [-0.25, -0.2) is 0 Å². The van der Waals surface area contributed by atoms with E-state index in [0.717, 1.165) is 24.8 Å². The number of ether oxygens (including phenoxy) is 1. The second-order valence-corrected chi connectivity index (χ2v) is 5.65. The fourth-order valence-corrected chi connectivity index (χ4v) is 2.70. The van der Waals surface area contributed by atoms with Crippen molar-refractivity contribution in [1.29, 1.82) is 0 Å². The maximum absolute atomic E-state index is 5.24. The second-order valence-electron chi connectivity index (χ2n) is 5.65. The summed E-state index contributed by atoms with van der Waals surface area (Å²) in [6, 6.07) is 8.76. The van der Waals surface area contributed by atoms with Crippen LogP contribution in [-0.2, 0) is 0 Å². The lowest BCUT2D eigenvalue weighted by molar-refractivity contribution is 0.213. The normalized spacial score (nSPS) is 12.9. The molecule has 0 aromatic heterocycles. The van der Waals surface area contributed by atoms with Crippen LogP contribution in [0.5, 0.6) is 5.75 Å². The summed E-state index contributed by atoms with van der Waals surface area (Å²) >= 11 is 0. The lowest BCUT2D eigenvalue weighted by Gasteiger charge is -2.29. The predicted molar refractivity (Wildman–Crippen MR) is 91.0 cm³/mol. The summed E-state index contributed by atoms with van der Waals surface area (Å²) in [7, 11) is 3.75. The minimum Gasteiger partial charge on any atom is -0.497 e. The first-order valence-electron chi connectivity index (χ1n) is 8.21. The summed E-state index contributed by atoms with van der Waals surface area (Å²) in [5, 5.41) is 3.45. The first-order valence-corrected chi connectivity index (χ1v) is 8.21. The Kier molecular flexibility index (Phi) is 8.40. The van der Waals surface area contributed by atoms with Crippen LogP contribution in [0.25, 0.3) is 0 Å². The zero-order valence-corrected chi connectivity index (χ0v) is 14.4. The molecule has 21 heavy (non-hydrogen) atoms. The van der Waals surface area contributed by atoms with Crippen LogP contribution < -0.4 is 10.1 Å². The molecule has 0 spiro atoms. The van der Waals surface area contributed by atoms with Gasteiger partial charge >= 0.3 is 0 Å². The predicted octanol–water partition coefficient (Wildman–Crippen LogP) is 3.71. The molecule has 1 N–H and O–H groups in total. The number of methoxy groups -OCH3 is 1. The van der Waals surface area contributed by atoms with Gasteiger partial charge < -0.3 is 15.0 Å². The van der Waals surface area contributed by atoms with E-state index < -0.39 is 0 Å². The van der Waals surface area contributed by atoms with Gasteiger partial charge in [0.25, 0.3) is 0 Å². The molecule has 0 aliphatic rings. The Hall–Kier alpha value is -1.06. The summed E-state index contributed by atoms with van der Waals surface area (Å²) in [4.78, 5) is 2.56. The Morgan fingerprint density at radius 2 is 1.67 bits per heavy atom. The molecular formula is C18H32N2O. The van der Waals surface area contributed by atoms with Crippen LogP contribution in [0.2, 0.25) is 0 Å². The molecule has 0 bridgehead atoms. The third kappa shape index (κ3) is 5.68. The van der Waals surface area contributed by atoms with Crippen LogP contribution >= 0.6 is 0 Å². The number of hydrogen-bond acceptors (Lipinski definition) is 3. The molecule has 120 valence electrons. The van der Waals surface area contributed by atoms with Crippen molar-refractivity contribution in [3.8, 4) is 5.75 Å². The van der Waals surface area contributed by atoms with Crippen LogP contribution in [-0.4, -0.2) is 38.7 Å². The molecule has 0 aliphatic carbocycles. The Labute approximate surface area is 130 Å². The van der Waals surface area contributed by atoms with Crippen molar-refractivity contribution in [2.24, 2.45) is 5.92 Å². The summed E-state index contributed by atoms with van der Waals surface area (Å²) < 4.78 is 5.24. The number of rotatable bonds is 10. The standard InChI is InChI=1S/C18H32N2O/c1-6-15(7-2)13-20(8-3)14-18(19-4)16-9-11-17(21-5)12-10-16/h9-12,15,18-19H,6-8,13-14H2,1-5H3. The molecule has 3 heteroatoms. The van der Waals surface area contributed by atoms with E-state index in [-0.39, 0.29) is 0 Å². The van der Waals surface area contributed by atoms with Crippen LogP contribution in [0, 0.1) is 5.92 Å². The van der Waals surface area contributed by atoms with Crippen molar-refractivity contribution in [3.05, 3.63) is 29.8 Å². The van der Waals surface area contributed by atoms with Gasteiger partial charge in [0.15, 0.2) is 0 Å². The minimum atomic E-state index is 0.366. The highest BCUT2D eigenvalue weighted by Crippen LogP contribution is 2.19. The van der Waals surface area contributed by atoms with Crippen molar-refractivity contribution < 1.29 is 4.74 Å². The fourth-order valence-electron chi connectivity index (χ4n) is 2.70. The van der Waals surface area contributed by atoms with E-state index in [1.807, 2.05) is 19.2 Å². The number of hydrogen-bond donors (Lipinski definition) is 1. The Morgan fingerprint density at radius 3 is 2.10 bits per heavy atom. The van der Waals surface area contributed by atoms with E-state index >= 15 is 0 Å². The largest absolute Gasteiger partial charge is 0.497 e. The van der Waals surface area contributed by atoms with Crippen molar-refractivity contribution in [2.45, 2.75) is 39.7 Å². The van der Waals surface area contributed by atoms with Crippen molar-refractivity contribution in [3.63, 3.8) is 0 Å². The molecule has 0 fully saturated rings. The topological polar surface area (TPSA) is 24.5 Å². The van der Waals surface area contributed by atoms with Gasteiger partial charge in [-0.05, 0) is 37.2 Å². The molecule has 1 rings (SSSR count). The van der Waals surface area contributed by atoms with Gasteiger partial charge in [0, 0.05) is 19.1 Å². The van der Waals surface area contributed by atoms with Crippen molar-refractivity contribution >= 4 is 0 Å². The number of benzene rings is 1. The highest BCUT2D eigenvalue weighted by atomic mass is 16.5. The quantitative estimate of drug-likeness (QED) is 0.711. The Balaban J connectivity index is 2.69. The fraction of sp³-hybridized carbons (Fsp3) is 0.667. The molecule has 0 saturated carbocycles. The highest BCUT2D eigenvalue weighted by molar-refractivity contribution is 5.29. The van der Waals surface area contributed by atoms with Crippen LogP contribution in [0.15, 0.2) is 24.3 Å². The van der Waals surface area contributed by atoms with Crippen LogP contribution in [0.1, 0.15) is 45.2 Å². The second kappa shape index (κ2) is 9.80. The molecule has 3 nitrogen and oxygen atoms in total. The molecule has 0 radical (unpaired) electrons. The summed E-state index contributed by atoms with van der Waals surface area (Å²) in [6.07, 6.45) is 2.53. The van der Waals surface area contributed by atoms with Gasteiger partial charge in [-0.2, -0.15) is 0 Å². The van der Waals surface area contributed by atoms with Gasteiger partial charge in [-0.3, -0.25) is 0 Å². The van der Waals surface area contributed by atoms with Crippen molar-refractivity contribution in [2.75, 3.05) is 33.8 Å². The molecule has 1 aromatic rings. The van der Waals surface area contributed by atoms with Gasteiger partial charge in [0.05, 0.1) is 7.11 Å². The van der Waals surface area contributed by atoms with Gasteiger partial charge in [-0.1, -0.05) is 45.7 Å². The average Bonchev–Trinajstić information content (AvgIpc) is 2.55. The number of nitrogens with one attached hydrogen (secondary N) is 1. The zero-order valence-electron chi connectivity index (χ0n) is 14.4. The summed E-state index contributed by atoms with van der Waals surface area (Å²) in [6.45, 7) is 10.2. The average molecular weight is 292 g/mol. The highest BCUT2D eigenvalue weighted by Gasteiger charge is 2.16. The maximum Gasteiger partial charge on any atom is 0.118 e. The third-order valence-electron chi connectivity index (χ3n) is 4.43. The molecule has 0 aliphatic heterocycles.